The van der Waals surface area contributed by atoms with Gasteiger partial charge in [0.25, 0.3) is 0 Å². The summed E-state index contributed by atoms with van der Waals surface area (Å²) in [7, 11) is 0. The molecule has 78 valence electrons. The third-order valence-electron chi connectivity index (χ3n) is 2.21. The van der Waals surface area contributed by atoms with Crippen LogP contribution in [0.5, 0.6) is 0 Å². The van der Waals surface area contributed by atoms with E-state index in [9.17, 15) is 9.59 Å². The van der Waals surface area contributed by atoms with Crippen LogP contribution in [0.1, 0.15) is 11.6 Å². The lowest BCUT2D eigenvalue weighted by Crippen LogP contribution is -2.28. The minimum atomic E-state index is -1.15. The number of amides is 1. The van der Waals surface area contributed by atoms with Crippen molar-refractivity contribution in [2.24, 2.45) is 0 Å². The van der Waals surface area contributed by atoms with Crippen LogP contribution in [-0.2, 0) is 9.53 Å². The molecule has 1 aromatic carbocycles. The topological polar surface area (TPSA) is 75.6 Å². The summed E-state index contributed by atoms with van der Waals surface area (Å²) in [4.78, 5) is 21.8. The Labute approximate surface area is 85.7 Å². The van der Waals surface area contributed by atoms with Crippen LogP contribution in [0.4, 0.5) is 4.79 Å². The number of rotatable bonds is 2. The van der Waals surface area contributed by atoms with Gasteiger partial charge in [0.15, 0.2) is 0 Å². The molecular formula is C10H9NO4. The Balaban J connectivity index is 2.28. The van der Waals surface area contributed by atoms with Crippen molar-refractivity contribution in [3.63, 3.8) is 0 Å². The zero-order chi connectivity index (χ0) is 10.8. The first-order valence-electron chi connectivity index (χ1n) is 4.43. The van der Waals surface area contributed by atoms with Gasteiger partial charge in [-0.2, -0.15) is 0 Å². The fourth-order valence-corrected chi connectivity index (χ4v) is 1.53. The zero-order valence-electron chi connectivity index (χ0n) is 7.71. The van der Waals surface area contributed by atoms with Gasteiger partial charge in [-0.25, -0.2) is 9.59 Å². The third kappa shape index (κ3) is 1.76. The molecule has 0 aromatic heterocycles. The minimum Gasteiger partial charge on any atom is -0.478 e. The van der Waals surface area contributed by atoms with Gasteiger partial charge in [0.05, 0.1) is 0 Å². The van der Waals surface area contributed by atoms with Crippen molar-refractivity contribution in [2.45, 2.75) is 12.1 Å². The number of nitrogens with one attached hydrogen (secondary N) is 1. The van der Waals surface area contributed by atoms with E-state index in [1.807, 2.05) is 6.07 Å². The van der Waals surface area contributed by atoms with E-state index >= 15 is 0 Å². The highest BCUT2D eigenvalue weighted by atomic mass is 16.6. The molecule has 1 amide bonds. The molecule has 0 saturated carbocycles. The second-order valence-corrected chi connectivity index (χ2v) is 3.20. The standard InChI is InChI=1S/C10H9NO4/c12-9(13)8-7(11-10(14)15-8)6-4-2-1-3-5-6/h1-5,7-8H,(H,11,14)(H,12,13). The maximum absolute atomic E-state index is 10.9. The number of carboxylic acid groups (broad SMARTS) is 1. The van der Waals surface area contributed by atoms with E-state index in [1.54, 1.807) is 24.3 Å². The lowest BCUT2D eigenvalue weighted by molar-refractivity contribution is -0.146. The van der Waals surface area contributed by atoms with E-state index in [0.717, 1.165) is 5.56 Å². The second-order valence-electron chi connectivity index (χ2n) is 3.20. The Kier molecular flexibility index (Phi) is 2.29. The molecule has 1 fully saturated rings. The highest BCUT2D eigenvalue weighted by molar-refractivity contribution is 5.82. The molecule has 1 aliphatic heterocycles. The van der Waals surface area contributed by atoms with E-state index in [-0.39, 0.29) is 0 Å². The molecule has 1 aliphatic rings. The van der Waals surface area contributed by atoms with Crippen molar-refractivity contribution < 1.29 is 19.4 Å². The lowest BCUT2D eigenvalue weighted by Gasteiger charge is -2.12. The summed E-state index contributed by atoms with van der Waals surface area (Å²) < 4.78 is 4.64. The number of hydrogen-bond acceptors (Lipinski definition) is 3. The van der Waals surface area contributed by atoms with Gasteiger partial charge >= 0.3 is 12.1 Å². The van der Waals surface area contributed by atoms with Gasteiger partial charge in [-0.3, -0.25) is 0 Å². The maximum Gasteiger partial charge on any atom is 0.408 e. The predicted molar refractivity (Wildman–Crippen MR) is 50.2 cm³/mol. The molecule has 5 nitrogen and oxygen atoms in total. The monoisotopic (exact) mass is 207 g/mol. The van der Waals surface area contributed by atoms with Gasteiger partial charge < -0.3 is 15.2 Å². The molecule has 1 heterocycles. The van der Waals surface area contributed by atoms with Gasteiger partial charge in [0.1, 0.15) is 6.04 Å². The molecule has 1 aromatic rings. The maximum atomic E-state index is 10.9. The number of carbonyl (C=O) groups is 2. The summed E-state index contributed by atoms with van der Waals surface area (Å²) in [5.41, 5.74) is 0.718. The molecule has 0 aliphatic carbocycles. The Morgan fingerprint density at radius 3 is 2.60 bits per heavy atom. The minimum absolute atomic E-state index is 0.615. The summed E-state index contributed by atoms with van der Waals surface area (Å²) in [6.45, 7) is 0. The first-order chi connectivity index (χ1) is 7.18. The molecule has 0 spiro atoms. The van der Waals surface area contributed by atoms with Gasteiger partial charge in [-0.15, -0.1) is 0 Å². The fraction of sp³-hybridized carbons (Fsp3) is 0.200. The second kappa shape index (κ2) is 3.61. The highest BCUT2D eigenvalue weighted by Crippen LogP contribution is 2.24. The number of carboxylic acids is 1. The Hall–Kier alpha value is -2.04. The van der Waals surface area contributed by atoms with Crippen molar-refractivity contribution in [2.75, 3.05) is 0 Å². The molecular weight excluding hydrogens is 198 g/mol. The molecule has 2 atom stereocenters. The molecule has 2 unspecified atom stereocenters. The van der Waals surface area contributed by atoms with Crippen molar-refractivity contribution in [3.8, 4) is 0 Å². The largest absolute Gasteiger partial charge is 0.478 e. The van der Waals surface area contributed by atoms with Crippen LogP contribution in [0.25, 0.3) is 0 Å². The molecule has 2 N–H and O–H groups in total. The number of ether oxygens (including phenoxy) is 1. The highest BCUT2D eigenvalue weighted by Gasteiger charge is 2.40. The molecule has 2 rings (SSSR count). The van der Waals surface area contributed by atoms with E-state index < -0.39 is 24.2 Å². The number of benzene rings is 1. The Morgan fingerprint density at radius 2 is 2.00 bits per heavy atom. The normalized spacial score (nSPS) is 24.4. The summed E-state index contributed by atoms with van der Waals surface area (Å²) in [6.07, 6.45) is -1.85. The van der Waals surface area contributed by atoms with E-state index in [2.05, 4.69) is 10.1 Å². The molecule has 0 radical (unpaired) electrons. The Bertz CT molecular complexity index is 390. The van der Waals surface area contributed by atoms with Crippen LogP contribution in [0, 0.1) is 0 Å². The number of carbonyl (C=O) groups excluding carboxylic acids is 1. The van der Waals surface area contributed by atoms with Gasteiger partial charge in [-0.05, 0) is 5.56 Å². The van der Waals surface area contributed by atoms with Gasteiger partial charge in [0.2, 0.25) is 6.10 Å². The van der Waals surface area contributed by atoms with Crippen LogP contribution in [-0.4, -0.2) is 23.3 Å². The average molecular weight is 207 g/mol. The predicted octanol–water partition coefficient (Wildman–Crippen LogP) is 0.921. The van der Waals surface area contributed by atoms with Gasteiger partial charge in [-0.1, -0.05) is 30.3 Å². The summed E-state index contributed by atoms with van der Waals surface area (Å²) >= 11 is 0. The summed E-state index contributed by atoms with van der Waals surface area (Å²) in [5, 5.41) is 11.3. The fourth-order valence-electron chi connectivity index (χ4n) is 1.53. The summed E-state index contributed by atoms with van der Waals surface area (Å²) in [5.74, 6) is -1.15. The molecule has 15 heavy (non-hydrogen) atoms. The first kappa shape index (κ1) is 9.51. The zero-order valence-corrected chi connectivity index (χ0v) is 7.71. The van der Waals surface area contributed by atoms with Crippen LogP contribution in [0.2, 0.25) is 0 Å². The smallest absolute Gasteiger partial charge is 0.408 e. The van der Waals surface area contributed by atoms with Gasteiger partial charge in [0, 0.05) is 0 Å². The molecule has 5 heteroatoms. The van der Waals surface area contributed by atoms with E-state index in [1.165, 1.54) is 0 Å². The first-order valence-corrected chi connectivity index (χ1v) is 4.43. The van der Waals surface area contributed by atoms with E-state index in [4.69, 9.17) is 5.11 Å². The van der Waals surface area contributed by atoms with Crippen molar-refractivity contribution in [3.05, 3.63) is 35.9 Å². The molecule has 1 saturated heterocycles. The number of alkyl carbamates (subject to hydrolysis) is 1. The van der Waals surface area contributed by atoms with Crippen molar-refractivity contribution in [1.29, 1.82) is 0 Å². The van der Waals surface area contributed by atoms with Crippen LogP contribution >= 0.6 is 0 Å². The van der Waals surface area contributed by atoms with Crippen LogP contribution < -0.4 is 5.32 Å². The average Bonchev–Trinajstić information content (AvgIpc) is 2.62. The van der Waals surface area contributed by atoms with Crippen LogP contribution in [0.15, 0.2) is 30.3 Å². The SMILES string of the molecule is O=C1NC(c2ccccc2)C(C(=O)O)O1. The number of cyclic esters (lactones) is 1. The summed E-state index contributed by atoms with van der Waals surface area (Å²) in [6, 6.07) is 8.25. The van der Waals surface area contributed by atoms with E-state index in [0.29, 0.717) is 0 Å². The quantitative estimate of drug-likeness (QED) is 0.756. The number of hydrogen-bond donors (Lipinski definition) is 2. The molecule has 0 bridgehead atoms. The Morgan fingerprint density at radius 1 is 1.33 bits per heavy atom. The third-order valence-corrected chi connectivity index (χ3v) is 2.21. The van der Waals surface area contributed by atoms with Crippen molar-refractivity contribution >= 4 is 12.1 Å². The van der Waals surface area contributed by atoms with Crippen LogP contribution in [0.3, 0.4) is 0 Å². The number of aliphatic carboxylic acids is 1. The lowest BCUT2D eigenvalue weighted by atomic mass is 10.0. The van der Waals surface area contributed by atoms with Crippen molar-refractivity contribution in [1.82, 2.24) is 5.32 Å².